The lowest BCUT2D eigenvalue weighted by molar-refractivity contribution is 0.102. The van der Waals surface area contributed by atoms with E-state index in [1.165, 1.54) is 11.0 Å². The van der Waals surface area contributed by atoms with Gasteiger partial charge in [-0.05, 0) is 18.2 Å². The Morgan fingerprint density at radius 1 is 1.47 bits per heavy atom. The zero-order valence-electron chi connectivity index (χ0n) is 8.82. The van der Waals surface area contributed by atoms with E-state index in [-0.39, 0.29) is 5.91 Å². The summed E-state index contributed by atoms with van der Waals surface area (Å²) in [6, 6.07) is 4.97. The Bertz CT molecular complexity index is 549. The molecule has 1 aromatic heterocycles. The predicted octanol–water partition coefficient (Wildman–Crippen LogP) is 2.48. The lowest BCUT2D eigenvalue weighted by Gasteiger charge is -2.04. The van der Waals surface area contributed by atoms with Crippen LogP contribution in [0.3, 0.4) is 0 Å². The first-order valence-corrected chi connectivity index (χ1v) is 5.85. The van der Waals surface area contributed by atoms with E-state index in [4.69, 9.17) is 11.6 Å². The van der Waals surface area contributed by atoms with Crippen LogP contribution in [0.5, 0.6) is 0 Å². The molecule has 1 amide bonds. The zero-order valence-corrected chi connectivity index (χ0v) is 11.2. The van der Waals surface area contributed by atoms with Crippen LogP contribution in [0.25, 0.3) is 0 Å². The Morgan fingerprint density at radius 2 is 2.24 bits per heavy atom. The Labute approximate surface area is 111 Å². The number of nitrogens with one attached hydrogen (secondary N) is 1. The van der Waals surface area contributed by atoms with Gasteiger partial charge in [0.15, 0.2) is 0 Å². The second kappa shape index (κ2) is 4.85. The Balaban J connectivity index is 2.23. The molecule has 0 saturated carbocycles. The topological polar surface area (TPSA) is 59.8 Å². The molecule has 1 aromatic carbocycles. The molecule has 2 rings (SSSR count). The largest absolute Gasteiger partial charge is 0.291 e. The van der Waals surface area contributed by atoms with Crippen molar-refractivity contribution in [3.63, 3.8) is 0 Å². The summed E-state index contributed by atoms with van der Waals surface area (Å²) in [5.41, 5.74) is 0.451. The van der Waals surface area contributed by atoms with Gasteiger partial charge < -0.3 is 0 Å². The van der Waals surface area contributed by atoms with Crippen molar-refractivity contribution in [2.75, 3.05) is 5.32 Å². The fraction of sp³-hybridized carbons (Fsp3) is 0.100. The monoisotopic (exact) mass is 314 g/mol. The first kappa shape index (κ1) is 12.1. The molecule has 0 bridgehead atoms. The highest BCUT2D eigenvalue weighted by atomic mass is 79.9. The van der Waals surface area contributed by atoms with Crippen LogP contribution in [0, 0.1) is 0 Å². The van der Waals surface area contributed by atoms with Crippen LogP contribution in [-0.4, -0.2) is 20.7 Å². The summed E-state index contributed by atoms with van der Waals surface area (Å²) in [7, 11) is 1.69. The number of benzene rings is 1. The highest BCUT2D eigenvalue weighted by Gasteiger charge is 2.10. The highest BCUT2D eigenvalue weighted by Crippen LogP contribution is 2.20. The second-order valence-corrected chi connectivity index (χ2v) is 4.67. The molecule has 1 heterocycles. The van der Waals surface area contributed by atoms with Gasteiger partial charge in [0.2, 0.25) is 5.95 Å². The molecule has 0 aliphatic heterocycles. The molecule has 0 aliphatic rings. The standard InChI is InChI=1S/C10H8BrClN4O/c1-16-10(13-5-14-16)15-9(17)6-2-7(11)4-8(12)3-6/h2-5H,1H3,(H,13,14,15,17). The Kier molecular flexibility index (Phi) is 3.44. The molecule has 0 spiro atoms. The smallest absolute Gasteiger partial charge is 0.258 e. The Morgan fingerprint density at radius 3 is 2.82 bits per heavy atom. The SMILES string of the molecule is Cn1ncnc1NC(=O)c1cc(Cl)cc(Br)c1. The van der Waals surface area contributed by atoms with Crippen molar-refractivity contribution in [3.05, 3.63) is 39.6 Å². The molecule has 88 valence electrons. The van der Waals surface area contributed by atoms with E-state index in [1.807, 2.05) is 0 Å². The molecule has 2 aromatic rings. The van der Waals surface area contributed by atoms with Gasteiger partial charge >= 0.3 is 0 Å². The number of hydrogen-bond donors (Lipinski definition) is 1. The number of carbonyl (C=O) groups excluding carboxylic acids is 1. The van der Waals surface area contributed by atoms with Gasteiger partial charge in [-0.2, -0.15) is 10.1 Å². The first-order valence-electron chi connectivity index (χ1n) is 4.67. The van der Waals surface area contributed by atoms with E-state index in [0.717, 1.165) is 4.47 Å². The number of aryl methyl sites for hydroxylation is 1. The van der Waals surface area contributed by atoms with Gasteiger partial charge in [-0.1, -0.05) is 27.5 Å². The van der Waals surface area contributed by atoms with E-state index in [0.29, 0.717) is 16.5 Å². The number of hydrogen-bond acceptors (Lipinski definition) is 3. The normalized spacial score (nSPS) is 10.3. The number of anilines is 1. The van der Waals surface area contributed by atoms with Crippen molar-refractivity contribution in [1.29, 1.82) is 0 Å². The molecule has 17 heavy (non-hydrogen) atoms. The number of amides is 1. The van der Waals surface area contributed by atoms with Crippen molar-refractivity contribution in [2.45, 2.75) is 0 Å². The molecule has 0 aliphatic carbocycles. The average Bonchev–Trinajstić information content (AvgIpc) is 2.63. The molecule has 0 atom stereocenters. The minimum absolute atomic E-state index is 0.288. The number of aromatic nitrogens is 3. The molecule has 0 saturated heterocycles. The van der Waals surface area contributed by atoms with Crippen LogP contribution in [0.1, 0.15) is 10.4 Å². The van der Waals surface area contributed by atoms with E-state index in [9.17, 15) is 4.79 Å². The van der Waals surface area contributed by atoms with Crippen molar-refractivity contribution in [2.24, 2.45) is 7.05 Å². The molecular formula is C10H8BrClN4O. The van der Waals surface area contributed by atoms with Gasteiger partial charge in [0.25, 0.3) is 5.91 Å². The molecule has 7 heteroatoms. The quantitative estimate of drug-likeness (QED) is 0.926. The van der Waals surface area contributed by atoms with Crippen molar-refractivity contribution in [3.8, 4) is 0 Å². The molecule has 0 fully saturated rings. The number of nitrogens with zero attached hydrogens (tertiary/aromatic N) is 3. The van der Waals surface area contributed by atoms with Crippen LogP contribution in [0.2, 0.25) is 5.02 Å². The number of halogens is 2. The van der Waals surface area contributed by atoms with Crippen LogP contribution >= 0.6 is 27.5 Å². The predicted molar refractivity (Wildman–Crippen MR) is 68.1 cm³/mol. The van der Waals surface area contributed by atoms with Gasteiger partial charge in [-0.15, -0.1) is 0 Å². The average molecular weight is 316 g/mol. The Hall–Kier alpha value is -1.40. The van der Waals surface area contributed by atoms with Gasteiger partial charge in [-0.25, -0.2) is 4.68 Å². The third-order valence-corrected chi connectivity index (χ3v) is 2.74. The summed E-state index contributed by atoms with van der Waals surface area (Å²) in [6.45, 7) is 0. The number of rotatable bonds is 2. The fourth-order valence-corrected chi connectivity index (χ4v) is 2.13. The van der Waals surface area contributed by atoms with Crippen LogP contribution in [0.4, 0.5) is 5.95 Å². The fourth-order valence-electron chi connectivity index (χ4n) is 1.27. The molecular weight excluding hydrogens is 307 g/mol. The highest BCUT2D eigenvalue weighted by molar-refractivity contribution is 9.10. The maximum absolute atomic E-state index is 11.9. The molecule has 0 unspecified atom stereocenters. The summed E-state index contributed by atoms with van der Waals surface area (Å²) in [6.07, 6.45) is 1.36. The third kappa shape index (κ3) is 2.83. The molecule has 5 nitrogen and oxygen atoms in total. The summed E-state index contributed by atoms with van der Waals surface area (Å²) < 4.78 is 2.21. The van der Waals surface area contributed by atoms with E-state index in [1.54, 1.807) is 25.2 Å². The third-order valence-electron chi connectivity index (χ3n) is 2.06. The lowest BCUT2D eigenvalue weighted by atomic mass is 10.2. The summed E-state index contributed by atoms with van der Waals surface area (Å²) in [4.78, 5) is 15.8. The van der Waals surface area contributed by atoms with Crippen LogP contribution in [-0.2, 0) is 7.05 Å². The van der Waals surface area contributed by atoms with Crippen LogP contribution in [0.15, 0.2) is 29.0 Å². The van der Waals surface area contributed by atoms with Crippen molar-refractivity contribution >= 4 is 39.4 Å². The second-order valence-electron chi connectivity index (χ2n) is 3.32. The number of carbonyl (C=O) groups is 1. The van der Waals surface area contributed by atoms with E-state index in [2.05, 4.69) is 31.3 Å². The zero-order chi connectivity index (χ0) is 12.4. The first-order chi connectivity index (χ1) is 8.06. The van der Waals surface area contributed by atoms with Gasteiger partial charge in [0, 0.05) is 22.1 Å². The molecule has 1 N–H and O–H groups in total. The van der Waals surface area contributed by atoms with Crippen molar-refractivity contribution < 1.29 is 4.79 Å². The minimum Gasteiger partial charge on any atom is -0.291 e. The van der Waals surface area contributed by atoms with Gasteiger partial charge in [0.1, 0.15) is 6.33 Å². The maximum Gasteiger partial charge on any atom is 0.258 e. The summed E-state index contributed by atoms with van der Waals surface area (Å²) in [5, 5.41) is 6.97. The maximum atomic E-state index is 11.9. The van der Waals surface area contributed by atoms with E-state index >= 15 is 0 Å². The van der Waals surface area contributed by atoms with Crippen LogP contribution < -0.4 is 5.32 Å². The molecule has 0 radical (unpaired) electrons. The lowest BCUT2D eigenvalue weighted by Crippen LogP contribution is -2.15. The van der Waals surface area contributed by atoms with Gasteiger partial charge in [0.05, 0.1) is 0 Å². The van der Waals surface area contributed by atoms with Crippen molar-refractivity contribution in [1.82, 2.24) is 14.8 Å². The van der Waals surface area contributed by atoms with Gasteiger partial charge in [-0.3, -0.25) is 10.1 Å². The summed E-state index contributed by atoms with van der Waals surface area (Å²) in [5.74, 6) is 0.0930. The van der Waals surface area contributed by atoms with E-state index < -0.39 is 0 Å². The summed E-state index contributed by atoms with van der Waals surface area (Å²) >= 11 is 9.14. The minimum atomic E-state index is -0.288.